The average molecular weight is 506 g/mol. The van der Waals surface area contributed by atoms with Crippen LogP contribution in [0.5, 0.6) is 0 Å². The lowest BCUT2D eigenvalue weighted by atomic mass is 10.1. The quantitative estimate of drug-likeness (QED) is 0.292. The van der Waals surface area contributed by atoms with Gasteiger partial charge in [0.05, 0.1) is 30.8 Å². The van der Waals surface area contributed by atoms with E-state index in [2.05, 4.69) is 30.6 Å². The predicted octanol–water partition coefficient (Wildman–Crippen LogP) is 3.76. The minimum Gasteiger partial charge on any atom is -0.420 e. The topological polar surface area (TPSA) is 135 Å². The molecular formula is C25H24ClN7O3. The zero-order chi connectivity index (χ0) is 25.2. The van der Waals surface area contributed by atoms with Crippen molar-refractivity contribution in [2.75, 3.05) is 6.61 Å². The molecule has 1 atom stereocenters. The Bertz CT molecular complexity index is 1530. The summed E-state index contributed by atoms with van der Waals surface area (Å²) in [6.45, 7) is 1.77. The summed E-state index contributed by atoms with van der Waals surface area (Å²) >= 11 is 6.45. The Morgan fingerprint density at radius 1 is 1.25 bits per heavy atom. The average Bonchev–Trinajstić information content (AvgIpc) is 3.62. The van der Waals surface area contributed by atoms with Crippen molar-refractivity contribution < 1.29 is 14.3 Å². The molecule has 1 unspecified atom stereocenters. The maximum Gasteiger partial charge on any atom is 0.251 e. The van der Waals surface area contributed by atoms with E-state index in [9.17, 15) is 9.90 Å². The van der Waals surface area contributed by atoms with Crippen molar-refractivity contribution in [1.29, 1.82) is 0 Å². The Hall–Kier alpha value is -4.02. The molecule has 5 rings (SSSR count). The molecule has 4 aromatic heterocycles. The van der Waals surface area contributed by atoms with Crippen molar-refractivity contribution in [2.24, 2.45) is 7.05 Å². The lowest BCUT2D eigenvalue weighted by Crippen LogP contribution is -2.36. The fourth-order valence-corrected chi connectivity index (χ4v) is 4.13. The van der Waals surface area contributed by atoms with E-state index in [1.54, 1.807) is 41.5 Å². The zero-order valence-corrected chi connectivity index (χ0v) is 20.5. The molecule has 0 fully saturated rings. The molecule has 1 aromatic carbocycles. The highest BCUT2D eigenvalue weighted by Gasteiger charge is 2.17. The molecule has 0 saturated heterocycles. The van der Waals surface area contributed by atoms with Crippen molar-refractivity contribution >= 4 is 28.5 Å². The highest BCUT2D eigenvalue weighted by molar-refractivity contribution is 6.31. The molecule has 36 heavy (non-hydrogen) atoms. The van der Waals surface area contributed by atoms with Crippen LogP contribution >= 0.6 is 11.6 Å². The van der Waals surface area contributed by atoms with Crippen molar-refractivity contribution in [3.8, 4) is 22.6 Å². The van der Waals surface area contributed by atoms with E-state index in [1.165, 1.54) is 0 Å². The number of carbonyl (C=O) groups excluding carboxylic acids is 1. The van der Waals surface area contributed by atoms with Gasteiger partial charge in [0.2, 0.25) is 11.8 Å². The molecule has 10 nitrogen and oxygen atoms in total. The predicted molar refractivity (Wildman–Crippen MR) is 134 cm³/mol. The van der Waals surface area contributed by atoms with Gasteiger partial charge in [-0.3, -0.25) is 9.48 Å². The van der Waals surface area contributed by atoms with Gasteiger partial charge in [0.1, 0.15) is 5.65 Å². The molecule has 0 aliphatic carbocycles. The van der Waals surface area contributed by atoms with E-state index in [1.807, 2.05) is 26.2 Å². The van der Waals surface area contributed by atoms with Crippen molar-refractivity contribution in [3.05, 3.63) is 71.1 Å². The summed E-state index contributed by atoms with van der Waals surface area (Å²) in [4.78, 5) is 20.1. The molecule has 184 valence electrons. The first-order valence-corrected chi connectivity index (χ1v) is 11.8. The smallest absolute Gasteiger partial charge is 0.251 e. The number of H-pyrrole nitrogens is 1. The highest BCUT2D eigenvalue weighted by Crippen LogP contribution is 2.31. The third-order valence-electron chi connectivity index (χ3n) is 5.97. The van der Waals surface area contributed by atoms with Gasteiger partial charge in [0.25, 0.3) is 5.91 Å². The summed E-state index contributed by atoms with van der Waals surface area (Å²) in [7, 11) is 1.87. The van der Waals surface area contributed by atoms with E-state index in [0.29, 0.717) is 40.9 Å². The highest BCUT2D eigenvalue weighted by atomic mass is 35.5. The SMILES string of the molecule is CCC(CO)NC(=O)c1ccc(Cc2nnc(-c3c[nH]c4ncc(-c5cnn(C)c5)cc34)o2)c(Cl)c1. The van der Waals surface area contributed by atoms with Crippen molar-refractivity contribution in [2.45, 2.75) is 25.8 Å². The number of nitrogens with one attached hydrogen (secondary N) is 2. The van der Waals surface area contributed by atoms with Crippen LogP contribution in [0.4, 0.5) is 0 Å². The second kappa shape index (κ2) is 9.92. The van der Waals surface area contributed by atoms with Crippen molar-refractivity contribution in [1.82, 2.24) is 35.3 Å². The molecule has 1 amide bonds. The Balaban J connectivity index is 1.36. The fourth-order valence-electron chi connectivity index (χ4n) is 3.88. The fraction of sp³-hybridized carbons (Fsp3) is 0.240. The van der Waals surface area contributed by atoms with Crippen molar-refractivity contribution in [3.63, 3.8) is 0 Å². The largest absolute Gasteiger partial charge is 0.420 e. The minimum absolute atomic E-state index is 0.120. The summed E-state index contributed by atoms with van der Waals surface area (Å²) in [6, 6.07) is 6.75. The summed E-state index contributed by atoms with van der Waals surface area (Å²) in [6.07, 6.45) is 8.23. The molecule has 0 aliphatic heterocycles. The standard InChI is InChI=1S/C25H24ClN7O3/c1-3-18(13-34)30-24(35)15-5-4-14(21(26)7-15)8-22-31-32-25(36-22)20-11-28-23-19(20)6-16(9-27-23)17-10-29-33(2)12-17/h4-7,9-12,18,34H,3,8,13H2,1-2H3,(H,27,28)(H,30,35). The number of benzene rings is 1. The van der Waals surface area contributed by atoms with Crippen LogP contribution in [0.2, 0.25) is 5.02 Å². The Labute approximate surface area is 211 Å². The number of aliphatic hydroxyl groups excluding tert-OH is 1. The minimum atomic E-state index is -0.298. The van der Waals surface area contributed by atoms with Crippen LogP contribution in [-0.4, -0.2) is 53.6 Å². The number of fused-ring (bicyclic) bond motifs is 1. The molecule has 0 saturated carbocycles. The van der Waals surface area contributed by atoms with Crippen LogP contribution in [-0.2, 0) is 13.5 Å². The van der Waals surface area contributed by atoms with E-state index in [4.69, 9.17) is 16.0 Å². The van der Waals surface area contributed by atoms with Gasteiger partial charge in [-0.05, 0) is 30.2 Å². The third-order valence-corrected chi connectivity index (χ3v) is 6.32. The summed E-state index contributed by atoms with van der Waals surface area (Å²) < 4.78 is 7.69. The van der Waals surface area contributed by atoms with Crippen LogP contribution < -0.4 is 5.32 Å². The number of aliphatic hydroxyl groups is 1. The van der Waals surface area contributed by atoms with Gasteiger partial charge in [0.15, 0.2) is 0 Å². The molecule has 0 spiro atoms. The van der Waals surface area contributed by atoms with Gasteiger partial charge in [0, 0.05) is 52.7 Å². The number of hydrogen-bond donors (Lipinski definition) is 3. The number of carbonyl (C=O) groups is 1. The second-order valence-electron chi connectivity index (χ2n) is 8.47. The van der Waals surface area contributed by atoms with E-state index < -0.39 is 0 Å². The van der Waals surface area contributed by atoms with E-state index in [-0.39, 0.29) is 18.6 Å². The van der Waals surface area contributed by atoms with Crippen LogP contribution in [0.25, 0.3) is 33.6 Å². The lowest BCUT2D eigenvalue weighted by molar-refractivity contribution is 0.0915. The van der Waals surface area contributed by atoms with Gasteiger partial charge < -0.3 is 19.8 Å². The van der Waals surface area contributed by atoms with Crippen LogP contribution in [0, 0.1) is 0 Å². The molecule has 3 N–H and O–H groups in total. The lowest BCUT2D eigenvalue weighted by Gasteiger charge is -2.14. The Kier molecular flexibility index (Phi) is 6.53. The summed E-state index contributed by atoms with van der Waals surface area (Å²) in [5.41, 5.74) is 4.50. The number of nitrogens with zero attached hydrogens (tertiary/aromatic N) is 5. The molecule has 4 heterocycles. The summed E-state index contributed by atoms with van der Waals surface area (Å²) in [5.74, 6) is 0.465. The molecule has 0 bridgehead atoms. The van der Waals surface area contributed by atoms with E-state index >= 15 is 0 Å². The summed E-state index contributed by atoms with van der Waals surface area (Å²) in [5, 5.41) is 26.0. The molecular weight excluding hydrogens is 482 g/mol. The van der Waals surface area contributed by atoms with Gasteiger partial charge >= 0.3 is 0 Å². The number of aryl methyl sites for hydroxylation is 1. The van der Waals surface area contributed by atoms with Gasteiger partial charge in [-0.15, -0.1) is 10.2 Å². The maximum absolute atomic E-state index is 12.4. The van der Waals surface area contributed by atoms with Crippen LogP contribution in [0.3, 0.4) is 0 Å². The third kappa shape index (κ3) is 4.73. The Morgan fingerprint density at radius 3 is 2.83 bits per heavy atom. The van der Waals surface area contributed by atoms with E-state index in [0.717, 1.165) is 27.6 Å². The first-order chi connectivity index (χ1) is 17.4. The van der Waals surface area contributed by atoms with Crippen LogP contribution in [0.1, 0.15) is 35.2 Å². The normalized spacial score (nSPS) is 12.2. The van der Waals surface area contributed by atoms with Gasteiger partial charge in [-0.2, -0.15) is 5.10 Å². The number of pyridine rings is 1. The number of halogens is 1. The molecule has 11 heteroatoms. The monoisotopic (exact) mass is 505 g/mol. The molecule has 0 radical (unpaired) electrons. The number of aromatic amines is 1. The van der Waals surface area contributed by atoms with Gasteiger partial charge in [-0.25, -0.2) is 4.98 Å². The Morgan fingerprint density at radius 2 is 2.11 bits per heavy atom. The first kappa shape index (κ1) is 23.7. The number of rotatable bonds is 8. The number of amides is 1. The van der Waals surface area contributed by atoms with Crippen LogP contribution in [0.15, 0.2) is 53.5 Å². The first-order valence-electron chi connectivity index (χ1n) is 11.4. The molecule has 5 aromatic rings. The zero-order valence-electron chi connectivity index (χ0n) is 19.7. The van der Waals surface area contributed by atoms with Gasteiger partial charge in [-0.1, -0.05) is 24.6 Å². The molecule has 0 aliphatic rings. The second-order valence-corrected chi connectivity index (χ2v) is 8.88. The maximum atomic E-state index is 12.4. The number of hydrogen-bond acceptors (Lipinski definition) is 7. The number of aromatic nitrogens is 6.